The van der Waals surface area contributed by atoms with Crippen LogP contribution < -0.4 is 4.89 Å². The molecule has 0 aliphatic heterocycles. The molecule has 0 amide bonds. The molecule has 0 aliphatic rings. The maximum atomic E-state index is 12.9. The van der Waals surface area contributed by atoms with E-state index in [4.69, 9.17) is 18.5 Å². The first-order chi connectivity index (χ1) is 43.0. The van der Waals surface area contributed by atoms with Crippen molar-refractivity contribution in [2.45, 2.75) is 392 Å². The molecule has 0 fully saturated rings. The molecular weight excluding hydrogens is 1110 g/mol. The van der Waals surface area contributed by atoms with E-state index < -0.39 is 26.5 Å². The zero-order valence-electron chi connectivity index (χ0n) is 59.2. The van der Waals surface area contributed by atoms with E-state index in [9.17, 15) is 19.0 Å². The standard InChI is InChI=1S/C78H148NO8P/c1-6-8-10-12-14-16-18-20-22-24-26-28-30-31-32-33-34-35-36-37-38-39-40-41-42-43-44-45-46-47-49-51-53-55-57-59-61-63-65-67-69-71-78(81)87-76(75-86-88(82,83)85-73-72-79(3,4)5)74-84-77(80)70-68-66-64-62-60-58-56-54-52-50-48-29-27-25-23-21-19-17-15-13-11-9-7-2/h18,20,24-27,30-31,76H,6-17,19,21-23,28-29,32-75H2,1-5H3/b20-18-,26-24-,27-25-,31-30-. The van der Waals surface area contributed by atoms with Gasteiger partial charge in [-0.2, -0.15) is 0 Å². The van der Waals surface area contributed by atoms with Crippen molar-refractivity contribution < 1.29 is 42.1 Å². The highest BCUT2D eigenvalue weighted by Crippen LogP contribution is 2.38. The van der Waals surface area contributed by atoms with Gasteiger partial charge in [0.1, 0.15) is 19.8 Å². The Balaban J connectivity index is 3.89. The molecule has 2 unspecified atom stereocenters. The molecule has 0 aromatic carbocycles. The Morgan fingerprint density at radius 1 is 0.352 bits per heavy atom. The van der Waals surface area contributed by atoms with E-state index >= 15 is 0 Å². The summed E-state index contributed by atoms with van der Waals surface area (Å²) < 4.78 is 34.4. The summed E-state index contributed by atoms with van der Waals surface area (Å²) in [7, 11) is 1.19. The van der Waals surface area contributed by atoms with Gasteiger partial charge in [0.25, 0.3) is 7.82 Å². The summed E-state index contributed by atoms with van der Waals surface area (Å²) in [6, 6.07) is 0. The van der Waals surface area contributed by atoms with Crippen LogP contribution >= 0.6 is 7.82 Å². The van der Waals surface area contributed by atoms with Gasteiger partial charge in [0.15, 0.2) is 6.10 Å². The van der Waals surface area contributed by atoms with Crippen molar-refractivity contribution in [2.24, 2.45) is 0 Å². The van der Waals surface area contributed by atoms with Crippen LogP contribution in [0.3, 0.4) is 0 Å². The quantitative estimate of drug-likeness (QED) is 0.0195. The van der Waals surface area contributed by atoms with Gasteiger partial charge in [-0.05, 0) is 77.0 Å². The first kappa shape index (κ1) is 86.0. The van der Waals surface area contributed by atoms with Gasteiger partial charge < -0.3 is 27.9 Å². The van der Waals surface area contributed by atoms with Crippen molar-refractivity contribution in [2.75, 3.05) is 47.5 Å². The predicted molar refractivity (Wildman–Crippen MR) is 379 cm³/mol. The highest BCUT2D eigenvalue weighted by molar-refractivity contribution is 7.45. The molecule has 0 bridgehead atoms. The van der Waals surface area contributed by atoms with Gasteiger partial charge in [-0.3, -0.25) is 14.2 Å². The van der Waals surface area contributed by atoms with E-state index in [2.05, 4.69) is 62.5 Å². The molecule has 0 saturated carbocycles. The molecule has 0 spiro atoms. The topological polar surface area (TPSA) is 111 Å². The SMILES string of the molecule is CCCCCCC/C=C\C/C=C\C/C=C\CCCCCCCCCCCCCCCCCCCCCCCCCCCCC(=O)OC(COC(=O)CCCCCCCCCCCCC/C=C\CCCCCCCCCC)COP(=O)([O-])OCC[N+](C)(C)C. The molecular formula is C78H148NO8P. The Hall–Kier alpha value is -2.03. The fraction of sp³-hybridized carbons (Fsp3) is 0.872. The van der Waals surface area contributed by atoms with E-state index in [0.29, 0.717) is 17.4 Å². The number of esters is 2. The molecule has 518 valence electrons. The summed E-state index contributed by atoms with van der Waals surface area (Å²) in [4.78, 5) is 38.1. The zero-order chi connectivity index (χ0) is 64.1. The number of allylic oxidation sites excluding steroid dienone is 8. The number of rotatable bonds is 72. The van der Waals surface area contributed by atoms with E-state index in [1.54, 1.807) is 0 Å². The Morgan fingerprint density at radius 3 is 0.920 bits per heavy atom. The molecule has 0 N–H and O–H groups in total. The van der Waals surface area contributed by atoms with Crippen molar-refractivity contribution in [1.82, 2.24) is 0 Å². The van der Waals surface area contributed by atoms with Crippen LogP contribution in [0.25, 0.3) is 0 Å². The number of ether oxygens (including phenoxy) is 2. The lowest BCUT2D eigenvalue weighted by molar-refractivity contribution is -0.870. The summed E-state index contributed by atoms with van der Waals surface area (Å²) in [5.74, 6) is -0.813. The van der Waals surface area contributed by atoms with Crippen molar-refractivity contribution in [3.63, 3.8) is 0 Å². The minimum atomic E-state index is -4.64. The minimum Gasteiger partial charge on any atom is -0.756 e. The maximum absolute atomic E-state index is 12.9. The van der Waals surface area contributed by atoms with Crippen LogP contribution in [0.15, 0.2) is 48.6 Å². The van der Waals surface area contributed by atoms with Crippen LogP contribution in [-0.4, -0.2) is 70.0 Å². The normalized spacial score (nSPS) is 13.3. The Morgan fingerprint density at radius 2 is 0.614 bits per heavy atom. The molecule has 0 aliphatic carbocycles. The average molecular weight is 1260 g/mol. The molecule has 9 nitrogen and oxygen atoms in total. The summed E-state index contributed by atoms with van der Waals surface area (Å²) in [6.07, 6.45) is 90.8. The molecule has 88 heavy (non-hydrogen) atoms. The molecule has 0 aromatic rings. The number of quaternary nitrogens is 1. The molecule has 0 radical (unpaired) electrons. The zero-order valence-corrected chi connectivity index (χ0v) is 60.1. The number of carbonyl (C=O) groups excluding carboxylic acids is 2. The lowest BCUT2D eigenvalue weighted by Crippen LogP contribution is -2.37. The van der Waals surface area contributed by atoms with Crippen molar-refractivity contribution in [3.8, 4) is 0 Å². The minimum absolute atomic E-state index is 0.0284. The fourth-order valence-corrected chi connectivity index (χ4v) is 12.2. The third kappa shape index (κ3) is 73.0. The number of phosphoric ester groups is 1. The van der Waals surface area contributed by atoms with Crippen LogP contribution in [-0.2, 0) is 32.7 Å². The van der Waals surface area contributed by atoms with Crippen LogP contribution in [0.1, 0.15) is 386 Å². The molecule has 2 atom stereocenters. The number of hydrogen-bond acceptors (Lipinski definition) is 8. The summed E-state index contributed by atoms with van der Waals surface area (Å²) in [6.45, 7) is 4.29. The van der Waals surface area contributed by atoms with Gasteiger partial charge in [-0.15, -0.1) is 0 Å². The molecule has 10 heteroatoms. The van der Waals surface area contributed by atoms with Gasteiger partial charge >= 0.3 is 11.9 Å². The van der Waals surface area contributed by atoms with Crippen LogP contribution in [0.4, 0.5) is 0 Å². The smallest absolute Gasteiger partial charge is 0.306 e. The van der Waals surface area contributed by atoms with Gasteiger partial charge in [0, 0.05) is 12.8 Å². The second kappa shape index (κ2) is 69.3. The molecule has 0 saturated heterocycles. The second-order valence-electron chi connectivity index (χ2n) is 27.4. The molecule has 0 aromatic heterocycles. The monoisotopic (exact) mass is 1260 g/mol. The second-order valence-corrected chi connectivity index (χ2v) is 28.8. The number of carbonyl (C=O) groups is 2. The van der Waals surface area contributed by atoms with E-state index in [0.717, 1.165) is 44.9 Å². The number of nitrogens with zero attached hydrogens (tertiary/aromatic N) is 1. The Labute approximate surface area is 547 Å². The van der Waals surface area contributed by atoms with Gasteiger partial charge in [-0.25, -0.2) is 0 Å². The Kier molecular flexibility index (Phi) is 67.7. The first-order valence-corrected chi connectivity index (χ1v) is 39.8. The predicted octanol–water partition coefficient (Wildman–Crippen LogP) is 24.5. The number of unbranched alkanes of at least 4 members (excludes halogenated alkanes) is 50. The molecule has 0 heterocycles. The van der Waals surface area contributed by atoms with E-state index in [1.165, 1.54) is 308 Å². The average Bonchev–Trinajstić information content (AvgIpc) is 3.58. The third-order valence-electron chi connectivity index (χ3n) is 17.3. The van der Waals surface area contributed by atoms with Crippen LogP contribution in [0.5, 0.6) is 0 Å². The summed E-state index contributed by atoms with van der Waals surface area (Å²) >= 11 is 0. The summed E-state index contributed by atoms with van der Waals surface area (Å²) in [5, 5.41) is 0. The lowest BCUT2D eigenvalue weighted by atomic mass is 10.0. The van der Waals surface area contributed by atoms with Crippen molar-refractivity contribution >= 4 is 19.8 Å². The van der Waals surface area contributed by atoms with Crippen molar-refractivity contribution in [3.05, 3.63) is 48.6 Å². The van der Waals surface area contributed by atoms with Crippen molar-refractivity contribution in [1.29, 1.82) is 0 Å². The highest BCUT2D eigenvalue weighted by atomic mass is 31.2. The largest absolute Gasteiger partial charge is 0.756 e. The van der Waals surface area contributed by atoms with Gasteiger partial charge in [-0.1, -0.05) is 345 Å². The number of hydrogen-bond donors (Lipinski definition) is 0. The van der Waals surface area contributed by atoms with E-state index in [1.807, 2.05) is 21.1 Å². The highest BCUT2D eigenvalue weighted by Gasteiger charge is 2.22. The number of likely N-dealkylation sites (N-methyl/N-ethyl adjacent to an activating group) is 1. The number of phosphoric acid groups is 1. The maximum Gasteiger partial charge on any atom is 0.306 e. The molecule has 0 rings (SSSR count). The fourth-order valence-electron chi connectivity index (χ4n) is 11.4. The van der Waals surface area contributed by atoms with Crippen LogP contribution in [0, 0.1) is 0 Å². The van der Waals surface area contributed by atoms with E-state index in [-0.39, 0.29) is 32.0 Å². The summed E-state index contributed by atoms with van der Waals surface area (Å²) in [5.41, 5.74) is 0. The first-order valence-electron chi connectivity index (χ1n) is 38.3. The lowest BCUT2D eigenvalue weighted by Gasteiger charge is -2.28. The van der Waals surface area contributed by atoms with Gasteiger partial charge in [0.2, 0.25) is 0 Å². The van der Waals surface area contributed by atoms with Gasteiger partial charge in [0.05, 0.1) is 27.7 Å². The Bertz CT molecular complexity index is 1620. The third-order valence-corrected chi connectivity index (χ3v) is 18.3. The van der Waals surface area contributed by atoms with Crippen LogP contribution in [0.2, 0.25) is 0 Å².